The molecule has 0 amide bonds. The van der Waals surface area contributed by atoms with E-state index in [4.69, 9.17) is 5.73 Å². The minimum absolute atomic E-state index is 0.314. The molecule has 0 aliphatic heterocycles. The highest BCUT2D eigenvalue weighted by Crippen LogP contribution is 2.12. The minimum atomic E-state index is -0.314. The topological polar surface area (TPSA) is 26.0 Å². The van der Waals surface area contributed by atoms with Crippen LogP contribution in [-0.2, 0) is 6.54 Å². The van der Waals surface area contributed by atoms with Crippen LogP contribution in [0.15, 0.2) is 23.1 Å². The normalized spacial score (nSPS) is 9.90. The van der Waals surface area contributed by atoms with Gasteiger partial charge in [0.25, 0.3) is 0 Å². The molecule has 0 unspecified atom stereocenters. The van der Waals surface area contributed by atoms with Gasteiger partial charge in [0.05, 0.1) is 0 Å². The van der Waals surface area contributed by atoms with Crippen LogP contribution in [0.1, 0.15) is 5.56 Å². The van der Waals surface area contributed by atoms with Crippen molar-refractivity contribution in [2.45, 2.75) is 11.4 Å². The SMILES string of the molecule is NCc1ccc(S)c(F)c1. The van der Waals surface area contributed by atoms with E-state index in [-0.39, 0.29) is 5.82 Å². The van der Waals surface area contributed by atoms with Gasteiger partial charge < -0.3 is 5.73 Å². The molecule has 0 heterocycles. The van der Waals surface area contributed by atoms with E-state index >= 15 is 0 Å². The third-order valence-electron chi connectivity index (χ3n) is 1.25. The summed E-state index contributed by atoms with van der Waals surface area (Å²) in [5.41, 5.74) is 6.06. The quantitative estimate of drug-likeness (QED) is 0.595. The summed E-state index contributed by atoms with van der Waals surface area (Å²) in [6.07, 6.45) is 0. The van der Waals surface area contributed by atoms with Crippen molar-refractivity contribution in [3.8, 4) is 0 Å². The summed E-state index contributed by atoms with van der Waals surface area (Å²) >= 11 is 3.87. The first kappa shape index (κ1) is 7.57. The van der Waals surface area contributed by atoms with Crippen LogP contribution < -0.4 is 5.73 Å². The minimum Gasteiger partial charge on any atom is -0.326 e. The molecule has 1 rings (SSSR count). The molecule has 0 atom stereocenters. The second kappa shape index (κ2) is 3.03. The number of halogens is 1. The van der Waals surface area contributed by atoms with Crippen molar-refractivity contribution >= 4 is 12.6 Å². The van der Waals surface area contributed by atoms with Crippen LogP contribution in [0.4, 0.5) is 4.39 Å². The lowest BCUT2D eigenvalue weighted by Crippen LogP contribution is -1.96. The average molecular weight is 157 g/mol. The number of rotatable bonds is 1. The summed E-state index contributed by atoms with van der Waals surface area (Å²) in [4.78, 5) is 0.359. The fraction of sp³-hybridized carbons (Fsp3) is 0.143. The maximum Gasteiger partial charge on any atom is 0.136 e. The van der Waals surface area contributed by atoms with Crippen LogP contribution in [0.25, 0.3) is 0 Å². The molecular formula is C7H8FNS. The van der Waals surface area contributed by atoms with Crippen LogP contribution in [0.2, 0.25) is 0 Å². The van der Waals surface area contributed by atoms with Crippen LogP contribution in [0.5, 0.6) is 0 Å². The molecule has 0 saturated heterocycles. The van der Waals surface area contributed by atoms with Gasteiger partial charge in [0.2, 0.25) is 0 Å². The zero-order valence-electron chi connectivity index (χ0n) is 5.34. The van der Waals surface area contributed by atoms with Crippen molar-refractivity contribution in [1.82, 2.24) is 0 Å². The van der Waals surface area contributed by atoms with Crippen LogP contribution >= 0.6 is 12.6 Å². The molecule has 0 spiro atoms. The Kier molecular flexibility index (Phi) is 2.29. The third kappa shape index (κ3) is 1.49. The summed E-state index contributed by atoms with van der Waals surface area (Å²) in [5, 5.41) is 0. The van der Waals surface area contributed by atoms with E-state index in [0.717, 1.165) is 5.56 Å². The average Bonchev–Trinajstić information content (AvgIpc) is 1.95. The molecular weight excluding hydrogens is 149 g/mol. The standard InChI is InChI=1S/C7H8FNS/c8-6-3-5(4-9)1-2-7(6)10/h1-3,10H,4,9H2. The molecule has 1 aromatic carbocycles. The van der Waals surface area contributed by atoms with E-state index in [1.807, 2.05) is 0 Å². The predicted octanol–water partition coefficient (Wildman–Crippen LogP) is 1.57. The Bertz CT molecular complexity index is 237. The second-order valence-corrected chi connectivity index (χ2v) is 2.47. The van der Waals surface area contributed by atoms with E-state index < -0.39 is 0 Å². The number of hydrogen-bond acceptors (Lipinski definition) is 2. The lowest BCUT2D eigenvalue weighted by Gasteiger charge is -1.97. The van der Waals surface area contributed by atoms with Gasteiger partial charge in [0.1, 0.15) is 5.82 Å². The largest absolute Gasteiger partial charge is 0.326 e. The van der Waals surface area contributed by atoms with Crippen molar-refractivity contribution in [1.29, 1.82) is 0 Å². The summed E-state index contributed by atoms with van der Waals surface area (Å²) in [5.74, 6) is -0.314. The lowest BCUT2D eigenvalue weighted by atomic mass is 10.2. The van der Waals surface area contributed by atoms with E-state index in [0.29, 0.717) is 11.4 Å². The zero-order valence-corrected chi connectivity index (χ0v) is 6.24. The molecule has 1 nitrogen and oxygen atoms in total. The van der Waals surface area contributed by atoms with Gasteiger partial charge in [0, 0.05) is 11.4 Å². The van der Waals surface area contributed by atoms with Crippen molar-refractivity contribution in [3.63, 3.8) is 0 Å². The van der Waals surface area contributed by atoms with Gasteiger partial charge in [-0.25, -0.2) is 4.39 Å². The molecule has 0 aromatic heterocycles. The number of nitrogens with two attached hydrogens (primary N) is 1. The van der Waals surface area contributed by atoms with Crippen molar-refractivity contribution < 1.29 is 4.39 Å². The van der Waals surface area contributed by atoms with E-state index in [1.165, 1.54) is 6.07 Å². The Morgan fingerprint density at radius 1 is 1.50 bits per heavy atom. The Morgan fingerprint density at radius 3 is 2.70 bits per heavy atom. The summed E-state index contributed by atoms with van der Waals surface area (Å²) in [6, 6.07) is 4.74. The maximum absolute atomic E-state index is 12.6. The molecule has 0 aliphatic rings. The Labute approximate surface area is 64.5 Å². The molecule has 3 heteroatoms. The Balaban J connectivity index is 3.04. The molecule has 10 heavy (non-hydrogen) atoms. The smallest absolute Gasteiger partial charge is 0.136 e. The molecule has 0 aliphatic carbocycles. The van der Waals surface area contributed by atoms with Gasteiger partial charge in [0.15, 0.2) is 0 Å². The highest BCUT2D eigenvalue weighted by atomic mass is 32.1. The van der Waals surface area contributed by atoms with Crippen LogP contribution in [-0.4, -0.2) is 0 Å². The van der Waals surface area contributed by atoms with Crippen molar-refractivity contribution in [2.75, 3.05) is 0 Å². The van der Waals surface area contributed by atoms with Crippen molar-refractivity contribution in [3.05, 3.63) is 29.6 Å². The molecule has 1 aromatic rings. The Hall–Kier alpha value is -0.540. The van der Waals surface area contributed by atoms with Gasteiger partial charge in [-0.3, -0.25) is 0 Å². The van der Waals surface area contributed by atoms with Crippen LogP contribution in [0, 0.1) is 5.82 Å². The Morgan fingerprint density at radius 2 is 2.20 bits per heavy atom. The van der Waals surface area contributed by atoms with Gasteiger partial charge in [-0.1, -0.05) is 6.07 Å². The fourth-order valence-corrected chi connectivity index (χ4v) is 0.816. The molecule has 0 bridgehead atoms. The molecule has 0 radical (unpaired) electrons. The van der Waals surface area contributed by atoms with Gasteiger partial charge in [-0.2, -0.15) is 0 Å². The number of hydrogen-bond donors (Lipinski definition) is 2. The first-order valence-corrected chi connectivity index (χ1v) is 3.36. The zero-order chi connectivity index (χ0) is 7.56. The maximum atomic E-state index is 12.6. The van der Waals surface area contributed by atoms with Gasteiger partial charge in [-0.05, 0) is 17.7 Å². The van der Waals surface area contributed by atoms with E-state index in [1.54, 1.807) is 12.1 Å². The highest BCUT2D eigenvalue weighted by molar-refractivity contribution is 7.80. The number of benzene rings is 1. The molecule has 0 saturated carbocycles. The lowest BCUT2D eigenvalue weighted by molar-refractivity contribution is 0.600. The number of thiol groups is 1. The summed E-state index contributed by atoms with van der Waals surface area (Å²) < 4.78 is 12.6. The monoisotopic (exact) mass is 157 g/mol. The van der Waals surface area contributed by atoms with E-state index in [2.05, 4.69) is 12.6 Å². The van der Waals surface area contributed by atoms with Crippen LogP contribution in [0.3, 0.4) is 0 Å². The second-order valence-electron chi connectivity index (χ2n) is 1.99. The highest BCUT2D eigenvalue weighted by Gasteiger charge is 1.96. The van der Waals surface area contributed by atoms with Gasteiger partial charge >= 0.3 is 0 Å². The van der Waals surface area contributed by atoms with Crippen molar-refractivity contribution in [2.24, 2.45) is 5.73 Å². The fourth-order valence-electron chi connectivity index (χ4n) is 0.677. The van der Waals surface area contributed by atoms with Gasteiger partial charge in [-0.15, -0.1) is 12.6 Å². The molecule has 54 valence electrons. The molecule has 2 N–H and O–H groups in total. The summed E-state index contributed by atoms with van der Waals surface area (Å²) in [7, 11) is 0. The third-order valence-corrected chi connectivity index (χ3v) is 1.61. The van der Waals surface area contributed by atoms with E-state index in [9.17, 15) is 4.39 Å². The predicted molar refractivity (Wildman–Crippen MR) is 41.5 cm³/mol. The first-order valence-electron chi connectivity index (χ1n) is 2.91. The first-order chi connectivity index (χ1) is 4.74. The summed E-state index contributed by atoms with van der Waals surface area (Å²) in [6.45, 7) is 0.366. The molecule has 0 fully saturated rings.